The third-order valence-corrected chi connectivity index (χ3v) is 6.07. The van der Waals surface area contributed by atoms with Gasteiger partial charge in [-0.2, -0.15) is 5.10 Å². The molecule has 1 amide bonds. The number of hydrogen-bond acceptors (Lipinski definition) is 3. The van der Waals surface area contributed by atoms with Crippen molar-refractivity contribution < 1.29 is 9.18 Å². The average Bonchev–Trinajstić information content (AvgIpc) is 3.55. The van der Waals surface area contributed by atoms with Gasteiger partial charge in [-0.1, -0.05) is 29.8 Å². The minimum absolute atomic E-state index is 0.140. The van der Waals surface area contributed by atoms with Gasteiger partial charge in [0, 0.05) is 16.6 Å². The van der Waals surface area contributed by atoms with E-state index in [2.05, 4.69) is 5.32 Å². The monoisotopic (exact) mass is 434 g/mol. The van der Waals surface area contributed by atoms with Gasteiger partial charge in [-0.3, -0.25) is 4.79 Å². The van der Waals surface area contributed by atoms with Gasteiger partial charge in [-0.25, -0.2) is 14.1 Å². The molecular formula is C24H20ClFN4O. The number of carbonyl (C=O) groups is 1. The zero-order chi connectivity index (χ0) is 21.7. The highest BCUT2D eigenvalue weighted by Gasteiger charge is 2.29. The first-order chi connectivity index (χ1) is 14.9. The summed E-state index contributed by atoms with van der Waals surface area (Å²) in [4.78, 5) is 18.1. The highest BCUT2D eigenvalue weighted by atomic mass is 35.5. The largest absolute Gasteiger partial charge is 0.319 e. The predicted octanol–water partition coefficient (Wildman–Crippen LogP) is 5.96. The third-order valence-electron chi connectivity index (χ3n) is 5.66. The molecule has 31 heavy (non-hydrogen) atoms. The first kappa shape index (κ1) is 19.7. The molecule has 5 rings (SSSR count). The molecule has 1 N–H and O–H groups in total. The first-order valence-electron chi connectivity index (χ1n) is 10.2. The van der Waals surface area contributed by atoms with Crippen LogP contribution in [0.15, 0.2) is 48.5 Å². The van der Waals surface area contributed by atoms with Crippen molar-refractivity contribution >= 4 is 34.2 Å². The number of nitrogens with one attached hydrogen (secondary N) is 1. The Kier molecular flexibility index (Phi) is 4.74. The van der Waals surface area contributed by atoms with Crippen molar-refractivity contribution in [1.29, 1.82) is 0 Å². The summed E-state index contributed by atoms with van der Waals surface area (Å²) < 4.78 is 15.9. The van der Waals surface area contributed by atoms with E-state index in [1.54, 1.807) is 22.9 Å². The Balaban J connectivity index is 1.70. The lowest BCUT2D eigenvalue weighted by molar-refractivity contribution is 0.102. The van der Waals surface area contributed by atoms with Gasteiger partial charge in [0.1, 0.15) is 5.82 Å². The predicted molar refractivity (Wildman–Crippen MR) is 120 cm³/mol. The summed E-state index contributed by atoms with van der Waals surface area (Å²) in [5, 5.41) is 8.68. The highest BCUT2D eigenvalue weighted by molar-refractivity contribution is 6.31. The lowest BCUT2D eigenvalue weighted by Gasteiger charge is -2.11. The normalized spacial score (nSPS) is 13.5. The number of hydrogen-bond donors (Lipinski definition) is 1. The van der Waals surface area contributed by atoms with Crippen LogP contribution in [0.1, 0.15) is 46.1 Å². The van der Waals surface area contributed by atoms with Crippen LogP contribution in [0.4, 0.5) is 10.1 Å². The summed E-state index contributed by atoms with van der Waals surface area (Å²) in [5.74, 6) is -0.538. The number of aromatic nitrogens is 3. The van der Waals surface area contributed by atoms with E-state index in [0.717, 1.165) is 29.8 Å². The number of pyridine rings is 1. The van der Waals surface area contributed by atoms with Crippen LogP contribution in [0.2, 0.25) is 5.02 Å². The molecule has 0 bridgehead atoms. The van der Waals surface area contributed by atoms with E-state index in [1.165, 1.54) is 6.07 Å². The lowest BCUT2D eigenvalue weighted by atomic mass is 10.1. The molecule has 2 heterocycles. The molecule has 7 heteroatoms. The molecule has 2 aromatic heterocycles. The lowest BCUT2D eigenvalue weighted by Crippen LogP contribution is -2.14. The number of nitrogens with zero attached hydrogens (tertiary/aromatic N) is 3. The molecular weight excluding hydrogens is 415 g/mol. The standard InChI is InChI=1S/C24H20ClFN4O/c1-13-17(25)6-5-9-21(13)30-23-22(14(2)29-30)16(12-20(27-23)15-10-11-15)24(31)28-19-8-4-3-7-18(19)26/h3-9,12,15H,10-11H2,1-2H3,(H,28,31). The molecule has 0 aliphatic heterocycles. The fourth-order valence-corrected chi connectivity index (χ4v) is 3.99. The molecule has 0 radical (unpaired) electrons. The van der Waals surface area contributed by atoms with Gasteiger partial charge in [0.2, 0.25) is 0 Å². The minimum atomic E-state index is -0.481. The second-order valence-electron chi connectivity index (χ2n) is 7.88. The van der Waals surface area contributed by atoms with Gasteiger partial charge >= 0.3 is 0 Å². The highest BCUT2D eigenvalue weighted by Crippen LogP contribution is 2.41. The molecule has 2 aromatic carbocycles. The number of fused-ring (bicyclic) bond motifs is 1. The van der Waals surface area contributed by atoms with Gasteiger partial charge in [-0.15, -0.1) is 0 Å². The summed E-state index contributed by atoms with van der Waals surface area (Å²) in [6.07, 6.45) is 2.08. The van der Waals surface area contributed by atoms with Crippen LogP contribution in [-0.2, 0) is 0 Å². The molecule has 4 aromatic rings. The maximum atomic E-state index is 14.1. The molecule has 0 spiro atoms. The quantitative estimate of drug-likeness (QED) is 0.431. The molecule has 156 valence electrons. The van der Waals surface area contributed by atoms with Crippen LogP contribution in [-0.4, -0.2) is 20.7 Å². The summed E-state index contributed by atoms with van der Waals surface area (Å²) >= 11 is 6.34. The van der Waals surface area contributed by atoms with Crippen LogP contribution in [0.5, 0.6) is 0 Å². The number of halogens is 2. The Morgan fingerprint density at radius 2 is 1.94 bits per heavy atom. The molecule has 1 fully saturated rings. The van der Waals surface area contributed by atoms with E-state index in [-0.39, 0.29) is 11.6 Å². The van der Waals surface area contributed by atoms with Gasteiger partial charge in [0.05, 0.1) is 28.0 Å². The summed E-state index contributed by atoms with van der Waals surface area (Å²) in [7, 11) is 0. The van der Waals surface area contributed by atoms with Crippen molar-refractivity contribution in [3.05, 3.63) is 81.9 Å². The number of carbonyl (C=O) groups excluding carboxylic acids is 1. The number of anilines is 1. The minimum Gasteiger partial charge on any atom is -0.319 e. The molecule has 1 aliphatic carbocycles. The van der Waals surface area contributed by atoms with E-state index < -0.39 is 5.82 Å². The van der Waals surface area contributed by atoms with E-state index in [9.17, 15) is 9.18 Å². The molecule has 1 aliphatic rings. The number of rotatable bonds is 4. The van der Waals surface area contributed by atoms with Crippen LogP contribution in [0.3, 0.4) is 0 Å². The Bertz CT molecular complexity index is 1340. The van der Waals surface area contributed by atoms with Crippen molar-refractivity contribution in [3.8, 4) is 5.69 Å². The Morgan fingerprint density at radius 1 is 1.16 bits per heavy atom. The second-order valence-corrected chi connectivity index (χ2v) is 8.29. The zero-order valence-electron chi connectivity index (χ0n) is 17.1. The number of benzene rings is 2. The fraction of sp³-hybridized carbons (Fsp3) is 0.208. The topological polar surface area (TPSA) is 59.8 Å². The third kappa shape index (κ3) is 3.47. The average molecular weight is 435 g/mol. The number of amides is 1. The van der Waals surface area contributed by atoms with Crippen LogP contribution in [0, 0.1) is 19.7 Å². The summed E-state index contributed by atoms with van der Waals surface area (Å²) in [5.41, 5.74) is 4.40. The van der Waals surface area contributed by atoms with Gasteiger partial charge in [-0.05, 0) is 62.6 Å². The Labute approximate surface area is 183 Å². The van der Waals surface area contributed by atoms with Crippen LogP contribution in [0.25, 0.3) is 16.7 Å². The fourth-order valence-electron chi connectivity index (χ4n) is 3.82. The van der Waals surface area contributed by atoms with Crippen molar-refractivity contribution in [2.45, 2.75) is 32.6 Å². The van der Waals surface area contributed by atoms with E-state index in [1.807, 2.05) is 38.1 Å². The van der Waals surface area contributed by atoms with Crippen molar-refractivity contribution in [3.63, 3.8) is 0 Å². The summed E-state index contributed by atoms with van der Waals surface area (Å²) in [6.45, 7) is 3.77. The van der Waals surface area contributed by atoms with E-state index in [0.29, 0.717) is 33.2 Å². The summed E-state index contributed by atoms with van der Waals surface area (Å²) in [6, 6.07) is 13.6. The van der Waals surface area contributed by atoms with Crippen molar-refractivity contribution in [1.82, 2.24) is 14.8 Å². The van der Waals surface area contributed by atoms with Gasteiger partial charge in [0.15, 0.2) is 5.65 Å². The first-order valence-corrected chi connectivity index (χ1v) is 10.5. The van der Waals surface area contributed by atoms with Crippen LogP contribution < -0.4 is 5.32 Å². The Hall–Kier alpha value is -3.25. The number of para-hydroxylation sites is 1. The number of aryl methyl sites for hydroxylation is 1. The van der Waals surface area contributed by atoms with Gasteiger partial charge in [0.25, 0.3) is 5.91 Å². The van der Waals surface area contributed by atoms with Crippen LogP contribution >= 0.6 is 11.6 Å². The smallest absolute Gasteiger partial charge is 0.256 e. The Morgan fingerprint density at radius 3 is 2.68 bits per heavy atom. The van der Waals surface area contributed by atoms with Crippen molar-refractivity contribution in [2.24, 2.45) is 0 Å². The van der Waals surface area contributed by atoms with Crippen molar-refractivity contribution in [2.75, 3.05) is 5.32 Å². The zero-order valence-corrected chi connectivity index (χ0v) is 17.9. The maximum Gasteiger partial charge on any atom is 0.256 e. The maximum absolute atomic E-state index is 14.1. The van der Waals surface area contributed by atoms with E-state index in [4.69, 9.17) is 21.7 Å². The van der Waals surface area contributed by atoms with Gasteiger partial charge < -0.3 is 5.32 Å². The SMILES string of the molecule is Cc1c(Cl)cccc1-n1nc(C)c2c(C(=O)Nc3ccccc3F)cc(C3CC3)nc21. The molecule has 0 atom stereocenters. The molecule has 5 nitrogen and oxygen atoms in total. The molecule has 0 unspecified atom stereocenters. The molecule has 0 saturated heterocycles. The van der Waals surface area contributed by atoms with E-state index >= 15 is 0 Å². The second kappa shape index (κ2) is 7.46. The molecule has 1 saturated carbocycles.